The fourth-order valence-electron chi connectivity index (χ4n) is 3.58. The van der Waals surface area contributed by atoms with E-state index in [1.165, 1.54) is 0 Å². The van der Waals surface area contributed by atoms with Crippen LogP contribution in [0.25, 0.3) is 0 Å². The second-order valence-corrected chi connectivity index (χ2v) is 5.51. The molecule has 0 heterocycles. The second kappa shape index (κ2) is 5.26. The highest BCUT2D eigenvalue weighted by Gasteiger charge is 2.51. The molecule has 0 spiro atoms. The van der Waals surface area contributed by atoms with Crippen LogP contribution in [0.2, 0.25) is 0 Å². The summed E-state index contributed by atoms with van der Waals surface area (Å²) in [4.78, 5) is 23.0. The van der Waals surface area contributed by atoms with E-state index < -0.39 is 5.97 Å². The van der Waals surface area contributed by atoms with E-state index in [0.717, 1.165) is 19.3 Å². The normalized spacial score (nSPS) is 35.4. The maximum absolute atomic E-state index is 11.7. The first-order chi connectivity index (χ1) is 8.54. The van der Waals surface area contributed by atoms with Crippen LogP contribution >= 0.6 is 0 Å². The Kier molecular flexibility index (Phi) is 3.90. The number of carbonyl (C=O) groups is 2. The number of carboxylic acids is 1. The SMILES string of the molecule is CCNC(=O)C(C)NC1C2CCC(C2)C1C(=O)O. The van der Waals surface area contributed by atoms with E-state index in [2.05, 4.69) is 10.6 Å². The van der Waals surface area contributed by atoms with E-state index in [1.807, 2.05) is 6.92 Å². The van der Waals surface area contributed by atoms with E-state index in [0.29, 0.717) is 18.4 Å². The Balaban J connectivity index is 1.99. The zero-order chi connectivity index (χ0) is 13.3. The first-order valence-electron chi connectivity index (χ1n) is 6.81. The number of carboxylic acid groups (broad SMARTS) is 1. The van der Waals surface area contributed by atoms with Gasteiger partial charge in [0.15, 0.2) is 0 Å². The summed E-state index contributed by atoms with van der Waals surface area (Å²) >= 11 is 0. The number of likely N-dealkylation sites (N-methyl/N-ethyl adjacent to an activating group) is 1. The number of carbonyl (C=O) groups excluding carboxylic acids is 1. The highest BCUT2D eigenvalue weighted by molar-refractivity contribution is 5.81. The maximum Gasteiger partial charge on any atom is 0.308 e. The van der Waals surface area contributed by atoms with E-state index >= 15 is 0 Å². The first kappa shape index (κ1) is 13.3. The number of nitrogens with one attached hydrogen (secondary N) is 2. The Morgan fingerprint density at radius 1 is 1.33 bits per heavy atom. The quantitative estimate of drug-likeness (QED) is 0.671. The van der Waals surface area contributed by atoms with Crippen molar-refractivity contribution in [3.8, 4) is 0 Å². The van der Waals surface area contributed by atoms with Gasteiger partial charge in [-0.05, 0) is 44.9 Å². The molecular weight excluding hydrogens is 232 g/mol. The minimum atomic E-state index is -0.720. The Morgan fingerprint density at radius 3 is 2.61 bits per heavy atom. The molecule has 0 aromatic carbocycles. The highest BCUT2D eigenvalue weighted by atomic mass is 16.4. The molecule has 0 radical (unpaired) electrons. The van der Waals surface area contributed by atoms with E-state index in [4.69, 9.17) is 0 Å². The van der Waals surface area contributed by atoms with Crippen molar-refractivity contribution in [2.45, 2.75) is 45.2 Å². The van der Waals surface area contributed by atoms with Crippen molar-refractivity contribution >= 4 is 11.9 Å². The van der Waals surface area contributed by atoms with Crippen LogP contribution in [0, 0.1) is 17.8 Å². The lowest BCUT2D eigenvalue weighted by Gasteiger charge is -2.31. The summed E-state index contributed by atoms with van der Waals surface area (Å²) in [6.07, 6.45) is 3.11. The molecule has 2 saturated carbocycles. The van der Waals surface area contributed by atoms with Gasteiger partial charge in [-0.1, -0.05) is 0 Å². The first-order valence-corrected chi connectivity index (χ1v) is 6.81. The van der Waals surface area contributed by atoms with Gasteiger partial charge in [-0.25, -0.2) is 0 Å². The summed E-state index contributed by atoms with van der Waals surface area (Å²) in [5.41, 5.74) is 0. The fraction of sp³-hybridized carbons (Fsp3) is 0.846. The van der Waals surface area contributed by atoms with Gasteiger partial charge in [-0.15, -0.1) is 0 Å². The van der Waals surface area contributed by atoms with Crippen LogP contribution in [0.1, 0.15) is 33.1 Å². The third kappa shape index (κ3) is 2.36. The van der Waals surface area contributed by atoms with Crippen molar-refractivity contribution < 1.29 is 14.7 Å². The Labute approximate surface area is 107 Å². The predicted octanol–water partition coefficient (Wildman–Crippen LogP) is 0.600. The molecule has 2 rings (SSSR count). The lowest BCUT2D eigenvalue weighted by atomic mass is 9.84. The lowest BCUT2D eigenvalue weighted by molar-refractivity contribution is -0.145. The largest absolute Gasteiger partial charge is 0.481 e. The molecule has 5 heteroatoms. The molecule has 2 bridgehead atoms. The van der Waals surface area contributed by atoms with E-state index in [1.54, 1.807) is 6.92 Å². The Hall–Kier alpha value is -1.10. The summed E-state index contributed by atoms with van der Waals surface area (Å²) in [6, 6.07) is -0.366. The van der Waals surface area contributed by atoms with Gasteiger partial charge in [0, 0.05) is 12.6 Å². The Bertz CT molecular complexity index is 345. The van der Waals surface area contributed by atoms with Crippen LogP contribution in [0.4, 0.5) is 0 Å². The highest BCUT2D eigenvalue weighted by Crippen LogP contribution is 2.48. The van der Waals surface area contributed by atoms with Crippen LogP contribution in [0.5, 0.6) is 0 Å². The van der Waals surface area contributed by atoms with Crippen LogP contribution in [-0.4, -0.2) is 35.6 Å². The molecule has 5 nitrogen and oxygen atoms in total. The van der Waals surface area contributed by atoms with Crippen LogP contribution in [0.3, 0.4) is 0 Å². The molecule has 2 aliphatic carbocycles. The molecule has 1 amide bonds. The van der Waals surface area contributed by atoms with Gasteiger partial charge in [-0.2, -0.15) is 0 Å². The van der Waals surface area contributed by atoms with Gasteiger partial charge in [0.25, 0.3) is 0 Å². The van der Waals surface area contributed by atoms with Gasteiger partial charge >= 0.3 is 5.97 Å². The average Bonchev–Trinajstić information content (AvgIpc) is 2.89. The lowest BCUT2D eigenvalue weighted by Crippen LogP contribution is -2.52. The topological polar surface area (TPSA) is 78.4 Å². The molecule has 2 aliphatic rings. The van der Waals surface area contributed by atoms with Crippen LogP contribution in [0.15, 0.2) is 0 Å². The summed E-state index contributed by atoms with van der Waals surface area (Å²) in [7, 11) is 0. The number of hydrogen-bond donors (Lipinski definition) is 3. The molecular formula is C13H22N2O3. The predicted molar refractivity (Wildman–Crippen MR) is 67.0 cm³/mol. The van der Waals surface area contributed by atoms with E-state index in [-0.39, 0.29) is 23.9 Å². The third-order valence-corrected chi connectivity index (χ3v) is 4.39. The standard InChI is InChI=1S/C13H22N2O3/c1-3-14-12(16)7(2)15-11-9-5-4-8(6-9)10(11)13(17)18/h7-11,15H,3-6H2,1-2H3,(H,14,16)(H,17,18). The zero-order valence-corrected chi connectivity index (χ0v) is 11.0. The smallest absolute Gasteiger partial charge is 0.308 e. The monoisotopic (exact) mass is 254 g/mol. The van der Waals surface area contributed by atoms with Crippen LogP contribution in [-0.2, 0) is 9.59 Å². The number of amides is 1. The van der Waals surface area contributed by atoms with Crippen LogP contribution < -0.4 is 10.6 Å². The molecule has 3 N–H and O–H groups in total. The van der Waals surface area contributed by atoms with Gasteiger partial charge in [0.2, 0.25) is 5.91 Å². The summed E-state index contributed by atoms with van der Waals surface area (Å²) in [5, 5.41) is 15.3. The molecule has 0 aromatic rings. The van der Waals surface area contributed by atoms with Gasteiger partial charge in [-0.3, -0.25) is 9.59 Å². The number of rotatable bonds is 5. The molecule has 2 fully saturated rings. The average molecular weight is 254 g/mol. The van der Waals surface area contributed by atoms with Crippen molar-refractivity contribution in [2.75, 3.05) is 6.54 Å². The van der Waals surface area contributed by atoms with E-state index in [9.17, 15) is 14.7 Å². The van der Waals surface area contributed by atoms with Gasteiger partial charge < -0.3 is 15.7 Å². The minimum Gasteiger partial charge on any atom is -0.481 e. The number of hydrogen-bond acceptors (Lipinski definition) is 3. The zero-order valence-electron chi connectivity index (χ0n) is 11.0. The van der Waals surface area contributed by atoms with Crippen molar-refractivity contribution in [3.05, 3.63) is 0 Å². The third-order valence-electron chi connectivity index (χ3n) is 4.39. The van der Waals surface area contributed by atoms with Gasteiger partial charge in [0.05, 0.1) is 12.0 Å². The van der Waals surface area contributed by atoms with Crippen molar-refractivity contribution in [2.24, 2.45) is 17.8 Å². The Morgan fingerprint density at radius 2 is 2.00 bits per heavy atom. The molecule has 5 unspecified atom stereocenters. The minimum absolute atomic E-state index is 0.0427. The maximum atomic E-state index is 11.7. The number of fused-ring (bicyclic) bond motifs is 2. The summed E-state index contributed by atoms with van der Waals surface area (Å²) in [6.45, 7) is 4.28. The summed E-state index contributed by atoms with van der Waals surface area (Å²) in [5.74, 6) is -0.368. The summed E-state index contributed by atoms with van der Waals surface area (Å²) < 4.78 is 0. The molecule has 5 atom stereocenters. The molecule has 0 aliphatic heterocycles. The molecule has 0 saturated heterocycles. The fourth-order valence-corrected chi connectivity index (χ4v) is 3.58. The van der Waals surface area contributed by atoms with Crippen molar-refractivity contribution in [3.63, 3.8) is 0 Å². The van der Waals surface area contributed by atoms with Gasteiger partial charge in [0.1, 0.15) is 0 Å². The van der Waals surface area contributed by atoms with Crippen molar-refractivity contribution in [1.29, 1.82) is 0 Å². The second-order valence-electron chi connectivity index (χ2n) is 5.51. The molecule has 102 valence electrons. The molecule has 18 heavy (non-hydrogen) atoms. The van der Waals surface area contributed by atoms with Crippen molar-refractivity contribution in [1.82, 2.24) is 10.6 Å². The number of aliphatic carboxylic acids is 1. The molecule has 0 aromatic heterocycles.